The average Bonchev–Trinajstić information content (AvgIpc) is 2.79. The van der Waals surface area contributed by atoms with Gasteiger partial charge in [0, 0.05) is 16.0 Å². The van der Waals surface area contributed by atoms with Crippen molar-refractivity contribution in [2.24, 2.45) is 0 Å². The molecule has 0 saturated carbocycles. The number of nitrogens with one attached hydrogen (secondary N) is 1. The Morgan fingerprint density at radius 2 is 1.34 bits per heavy atom. The molecule has 4 aromatic rings. The lowest BCUT2D eigenvalue weighted by atomic mass is 10.00. The summed E-state index contributed by atoms with van der Waals surface area (Å²) in [5, 5.41) is 2.98. The Labute approximate surface area is 173 Å². The number of carbonyl (C=O) groups excluding carboxylic acids is 1. The second kappa shape index (κ2) is 7.57. The lowest BCUT2D eigenvalue weighted by molar-refractivity contribution is -0.113. The van der Waals surface area contributed by atoms with E-state index in [1.165, 1.54) is 0 Å². The summed E-state index contributed by atoms with van der Waals surface area (Å²) in [6.07, 6.45) is 0. The van der Waals surface area contributed by atoms with Gasteiger partial charge < -0.3 is 5.32 Å². The average molecular weight is 394 g/mol. The number of hydrogen-bond acceptors (Lipinski definition) is 3. The predicted molar refractivity (Wildman–Crippen MR) is 120 cm³/mol. The van der Waals surface area contributed by atoms with Crippen LogP contribution in [0.5, 0.6) is 0 Å². The fourth-order valence-corrected chi connectivity index (χ4v) is 4.26. The van der Waals surface area contributed by atoms with E-state index >= 15 is 0 Å². The largest absolute Gasteiger partial charge is 0.324 e. The number of rotatable bonds is 3. The molecule has 5 rings (SSSR count). The third-order valence-corrected chi connectivity index (χ3v) is 5.98. The summed E-state index contributed by atoms with van der Waals surface area (Å²) in [7, 11) is 0. The van der Waals surface area contributed by atoms with Gasteiger partial charge in [0.1, 0.15) is 0 Å². The maximum absolute atomic E-state index is 11.8. The summed E-state index contributed by atoms with van der Waals surface area (Å²) in [5.74, 6) is 0.502. The van der Waals surface area contributed by atoms with Crippen LogP contribution in [0, 0.1) is 0 Å². The smallest absolute Gasteiger partial charge is 0.234 e. The lowest BCUT2D eigenvalue weighted by Gasteiger charge is -2.17. The minimum atomic E-state index is 0.0376. The number of amides is 1. The van der Waals surface area contributed by atoms with Gasteiger partial charge in [-0.25, -0.2) is 4.98 Å². The van der Waals surface area contributed by atoms with Gasteiger partial charge >= 0.3 is 0 Å². The highest BCUT2D eigenvalue weighted by Gasteiger charge is 2.17. The molecule has 0 bridgehead atoms. The molecule has 0 saturated heterocycles. The van der Waals surface area contributed by atoms with Gasteiger partial charge in [-0.1, -0.05) is 66.7 Å². The molecule has 140 valence electrons. The normalized spacial score (nSPS) is 12.9. The molecule has 1 amide bonds. The Bertz CT molecular complexity index is 1130. The Morgan fingerprint density at radius 3 is 2.07 bits per heavy atom. The zero-order chi connectivity index (χ0) is 19.6. The standard InChI is InChI=1S/C25H18N2OS/c28-25-16-29-24-12-11-19(13-23(24)27-25)22-15-20(17-7-3-1-4-8-17)14-21(26-22)18-9-5-2-6-10-18/h1-15H,16H2,(H,27,28). The first-order valence-corrected chi connectivity index (χ1v) is 10.4. The molecule has 0 radical (unpaired) electrons. The maximum Gasteiger partial charge on any atom is 0.234 e. The fraction of sp³-hybridized carbons (Fsp3) is 0.0400. The van der Waals surface area contributed by atoms with Crippen LogP contribution in [0.25, 0.3) is 33.6 Å². The monoisotopic (exact) mass is 394 g/mol. The first kappa shape index (κ1) is 17.7. The van der Waals surface area contributed by atoms with Gasteiger partial charge in [-0.2, -0.15) is 0 Å². The molecular weight excluding hydrogens is 376 g/mol. The summed E-state index contributed by atoms with van der Waals surface area (Å²) in [6.45, 7) is 0. The van der Waals surface area contributed by atoms with Crippen LogP contribution >= 0.6 is 11.8 Å². The van der Waals surface area contributed by atoms with Gasteiger partial charge in [-0.15, -0.1) is 11.8 Å². The van der Waals surface area contributed by atoms with Crippen molar-refractivity contribution in [3.63, 3.8) is 0 Å². The van der Waals surface area contributed by atoms with Crippen molar-refractivity contribution in [3.8, 4) is 33.6 Å². The molecule has 1 N–H and O–H groups in total. The first-order chi connectivity index (χ1) is 14.3. The van der Waals surface area contributed by atoms with Crippen molar-refractivity contribution in [3.05, 3.63) is 91.0 Å². The Hall–Kier alpha value is -3.37. The van der Waals surface area contributed by atoms with E-state index in [2.05, 4.69) is 53.8 Å². The van der Waals surface area contributed by atoms with Crippen molar-refractivity contribution in [1.29, 1.82) is 0 Å². The molecule has 1 aliphatic rings. The summed E-state index contributed by atoms with van der Waals surface area (Å²) < 4.78 is 0. The number of nitrogens with zero attached hydrogens (tertiary/aromatic N) is 1. The van der Waals surface area contributed by atoms with Gasteiger partial charge in [0.05, 0.1) is 22.8 Å². The molecular formula is C25H18N2OS. The van der Waals surface area contributed by atoms with Gasteiger partial charge in [-0.05, 0) is 35.4 Å². The topological polar surface area (TPSA) is 42.0 Å². The van der Waals surface area contributed by atoms with E-state index in [1.54, 1.807) is 11.8 Å². The minimum Gasteiger partial charge on any atom is -0.324 e. The number of anilines is 1. The van der Waals surface area contributed by atoms with Gasteiger partial charge in [0.15, 0.2) is 0 Å². The molecule has 0 atom stereocenters. The van der Waals surface area contributed by atoms with Crippen LogP contribution in [0.15, 0.2) is 95.9 Å². The number of benzene rings is 3. The quantitative estimate of drug-likeness (QED) is 0.455. The van der Waals surface area contributed by atoms with Crippen LogP contribution in [0.3, 0.4) is 0 Å². The summed E-state index contributed by atoms with van der Waals surface area (Å²) in [4.78, 5) is 17.8. The summed E-state index contributed by atoms with van der Waals surface area (Å²) in [6, 6.07) is 30.9. The number of hydrogen-bond donors (Lipinski definition) is 1. The first-order valence-electron chi connectivity index (χ1n) is 9.46. The van der Waals surface area contributed by atoms with Crippen molar-refractivity contribution in [1.82, 2.24) is 4.98 Å². The van der Waals surface area contributed by atoms with Crippen LogP contribution in [-0.2, 0) is 4.79 Å². The Balaban J connectivity index is 1.66. The van der Waals surface area contributed by atoms with Crippen molar-refractivity contribution >= 4 is 23.4 Å². The van der Waals surface area contributed by atoms with E-state index in [0.29, 0.717) is 5.75 Å². The highest BCUT2D eigenvalue weighted by molar-refractivity contribution is 8.00. The molecule has 1 aromatic heterocycles. The van der Waals surface area contributed by atoms with Crippen LogP contribution in [0.4, 0.5) is 5.69 Å². The molecule has 3 aromatic carbocycles. The second-order valence-corrected chi connectivity index (χ2v) is 7.92. The predicted octanol–water partition coefficient (Wildman–Crippen LogP) is 6.13. The van der Waals surface area contributed by atoms with E-state index in [4.69, 9.17) is 4.98 Å². The number of fused-ring (bicyclic) bond motifs is 1. The molecule has 3 nitrogen and oxygen atoms in total. The highest BCUT2D eigenvalue weighted by atomic mass is 32.2. The number of thioether (sulfide) groups is 1. The SMILES string of the molecule is O=C1CSc2ccc(-c3cc(-c4ccccc4)cc(-c4ccccc4)n3)cc2N1. The van der Waals surface area contributed by atoms with E-state index < -0.39 is 0 Å². The van der Waals surface area contributed by atoms with E-state index in [-0.39, 0.29) is 5.91 Å². The molecule has 4 heteroatoms. The van der Waals surface area contributed by atoms with Gasteiger partial charge in [0.25, 0.3) is 0 Å². The number of carbonyl (C=O) groups is 1. The third kappa shape index (κ3) is 3.67. The lowest BCUT2D eigenvalue weighted by Crippen LogP contribution is -2.18. The molecule has 0 aliphatic carbocycles. The van der Waals surface area contributed by atoms with E-state index in [1.807, 2.05) is 42.5 Å². The second-order valence-electron chi connectivity index (χ2n) is 6.91. The summed E-state index contributed by atoms with van der Waals surface area (Å²) >= 11 is 1.57. The van der Waals surface area contributed by atoms with Gasteiger partial charge in [-0.3, -0.25) is 4.79 Å². The fourth-order valence-electron chi connectivity index (χ4n) is 3.47. The molecule has 29 heavy (non-hydrogen) atoms. The number of pyridine rings is 1. The maximum atomic E-state index is 11.8. The molecule has 2 heterocycles. The zero-order valence-corrected chi connectivity index (χ0v) is 16.4. The zero-order valence-electron chi connectivity index (χ0n) is 15.6. The molecule has 1 aliphatic heterocycles. The molecule has 0 spiro atoms. The van der Waals surface area contributed by atoms with E-state index in [9.17, 15) is 4.79 Å². The highest BCUT2D eigenvalue weighted by Crippen LogP contribution is 2.36. The summed E-state index contributed by atoms with van der Waals surface area (Å²) in [5.41, 5.74) is 7.00. The Kier molecular flexibility index (Phi) is 4.62. The third-order valence-electron chi connectivity index (χ3n) is 4.91. The van der Waals surface area contributed by atoms with Gasteiger partial charge in [0.2, 0.25) is 5.91 Å². The molecule has 0 fully saturated rings. The van der Waals surface area contributed by atoms with Crippen molar-refractivity contribution in [2.75, 3.05) is 11.1 Å². The van der Waals surface area contributed by atoms with E-state index in [0.717, 1.165) is 44.2 Å². The number of aromatic nitrogens is 1. The van der Waals surface area contributed by atoms with Crippen LogP contribution in [-0.4, -0.2) is 16.6 Å². The molecule has 0 unspecified atom stereocenters. The van der Waals surface area contributed by atoms with Crippen molar-refractivity contribution in [2.45, 2.75) is 4.90 Å². The van der Waals surface area contributed by atoms with Crippen LogP contribution in [0.2, 0.25) is 0 Å². The minimum absolute atomic E-state index is 0.0376. The van der Waals surface area contributed by atoms with Crippen molar-refractivity contribution < 1.29 is 4.79 Å². The Morgan fingerprint density at radius 1 is 0.690 bits per heavy atom. The van der Waals surface area contributed by atoms with Crippen LogP contribution < -0.4 is 5.32 Å². The van der Waals surface area contributed by atoms with Crippen LogP contribution in [0.1, 0.15) is 0 Å².